The number of carbonyl (C=O) groups excluding carboxylic acids is 1. The van der Waals surface area contributed by atoms with Gasteiger partial charge in [-0.2, -0.15) is 0 Å². The van der Waals surface area contributed by atoms with Crippen molar-refractivity contribution in [1.29, 1.82) is 0 Å². The first-order valence-corrected chi connectivity index (χ1v) is 9.89. The molecule has 7 heteroatoms. The van der Waals surface area contributed by atoms with Crippen LogP contribution in [0.15, 0.2) is 40.8 Å². The molecule has 1 aliphatic carbocycles. The number of rotatable bonds is 4. The molecular formula is C19H18ClN3O2S. The predicted octanol–water partition coefficient (Wildman–Crippen LogP) is 3.84. The van der Waals surface area contributed by atoms with Gasteiger partial charge in [-0.3, -0.25) is 14.2 Å². The van der Waals surface area contributed by atoms with Gasteiger partial charge in [0, 0.05) is 22.0 Å². The fourth-order valence-corrected chi connectivity index (χ4v) is 4.49. The van der Waals surface area contributed by atoms with Crippen molar-refractivity contribution in [2.75, 3.05) is 0 Å². The highest BCUT2D eigenvalue weighted by Gasteiger charge is 2.18. The molecule has 1 N–H and O–H groups in total. The number of fused-ring (bicyclic) bond motifs is 1. The summed E-state index contributed by atoms with van der Waals surface area (Å²) >= 11 is 7.30. The number of thiophene rings is 1. The summed E-state index contributed by atoms with van der Waals surface area (Å²) in [6, 6.07) is 7.69. The molecule has 1 aromatic carbocycles. The van der Waals surface area contributed by atoms with E-state index in [9.17, 15) is 9.59 Å². The third-order valence-corrected chi connectivity index (χ3v) is 5.94. The monoisotopic (exact) mass is 387 g/mol. The van der Waals surface area contributed by atoms with E-state index in [-0.39, 0.29) is 24.1 Å². The molecule has 1 aliphatic rings. The minimum atomic E-state index is -0.179. The van der Waals surface area contributed by atoms with Gasteiger partial charge in [0.2, 0.25) is 5.91 Å². The summed E-state index contributed by atoms with van der Waals surface area (Å²) in [6.07, 6.45) is 5.81. The van der Waals surface area contributed by atoms with Crippen LogP contribution < -0.4 is 10.9 Å². The zero-order chi connectivity index (χ0) is 18.1. The van der Waals surface area contributed by atoms with Crippen molar-refractivity contribution in [1.82, 2.24) is 14.9 Å². The quantitative estimate of drug-likeness (QED) is 0.739. The molecule has 134 valence electrons. The van der Waals surface area contributed by atoms with Crippen LogP contribution in [0.3, 0.4) is 0 Å². The van der Waals surface area contributed by atoms with Crippen LogP contribution >= 0.6 is 22.9 Å². The van der Waals surface area contributed by atoms with Crippen LogP contribution in [0, 0.1) is 0 Å². The van der Waals surface area contributed by atoms with Crippen molar-refractivity contribution in [3.05, 3.63) is 51.3 Å². The van der Waals surface area contributed by atoms with E-state index in [1.165, 1.54) is 22.2 Å². The molecule has 4 rings (SSSR count). The predicted molar refractivity (Wildman–Crippen MR) is 105 cm³/mol. The summed E-state index contributed by atoms with van der Waals surface area (Å²) in [5.41, 5.74) is 2.35. The third-order valence-electron chi connectivity index (χ3n) is 4.74. The number of aromatic nitrogens is 2. The second kappa shape index (κ2) is 7.21. The second-order valence-electron chi connectivity index (χ2n) is 6.56. The van der Waals surface area contributed by atoms with Crippen molar-refractivity contribution >= 4 is 39.1 Å². The van der Waals surface area contributed by atoms with E-state index >= 15 is 0 Å². The summed E-state index contributed by atoms with van der Waals surface area (Å²) in [5.74, 6) is -0.130. The number of carbonyl (C=O) groups is 1. The van der Waals surface area contributed by atoms with Crippen LogP contribution in [0.4, 0.5) is 0 Å². The molecule has 1 fully saturated rings. The first-order valence-electron chi connectivity index (χ1n) is 8.64. The van der Waals surface area contributed by atoms with Gasteiger partial charge in [0.1, 0.15) is 11.2 Å². The van der Waals surface area contributed by atoms with Crippen LogP contribution in [0.5, 0.6) is 0 Å². The Morgan fingerprint density at radius 3 is 2.73 bits per heavy atom. The number of nitrogens with zero attached hydrogens (tertiary/aromatic N) is 2. The van der Waals surface area contributed by atoms with E-state index in [0.29, 0.717) is 15.2 Å². The summed E-state index contributed by atoms with van der Waals surface area (Å²) in [6.45, 7) is 0.00640. The molecule has 2 aromatic heterocycles. The van der Waals surface area contributed by atoms with Crippen molar-refractivity contribution in [2.45, 2.75) is 38.3 Å². The van der Waals surface area contributed by atoms with E-state index in [1.54, 1.807) is 0 Å². The molecule has 26 heavy (non-hydrogen) atoms. The molecule has 5 nitrogen and oxygen atoms in total. The fraction of sp³-hybridized carbons (Fsp3) is 0.316. The third kappa shape index (κ3) is 3.39. The van der Waals surface area contributed by atoms with Gasteiger partial charge in [0.25, 0.3) is 5.56 Å². The maximum Gasteiger partial charge on any atom is 0.271 e. The molecule has 0 spiro atoms. The number of nitrogens with one attached hydrogen (secondary N) is 1. The first kappa shape index (κ1) is 17.2. The number of benzene rings is 1. The fourth-order valence-electron chi connectivity index (χ4n) is 3.39. The lowest BCUT2D eigenvalue weighted by Gasteiger charge is -2.12. The van der Waals surface area contributed by atoms with Gasteiger partial charge in [-0.25, -0.2) is 4.98 Å². The van der Waals surface area contributed by atoms with Crippen LogP contribution in [0.1, 0.15) is 25.7 Å². The minimum Gasteiger partial charge on any atom is -0.352 e. The van der Waals surface area contributed by atoms with Gasteiger partial charge in [0.05, 0.1) is 11.8 Å². The number of halogens is 1. The van der Waals surface area contributed by atoms with E-state index < -0.39 is 0 Å². The molecule has 1 saturated carbocycles. The van der Waals surface area contributed by atoms with E-state index in [0.717, 1.165) is 36.8 Å². The Bertz CT molecular complexity index is 1000. The average Bonchev–Trinajstić information content (AvgIpc) is 3.28. The molecule has 2 heterocycles. The lowest BCUT2D eigenvalue weighted by atomic mass is 10.1. The van der Waals surface area contributed by atoms with Gasteiger partial charge in [-0.1, -0.05) is 36.6 Å². The van der Waals surface area contributed by atoms with E-state index in [4.69, 9.17) is 11.6 Å². The van der Waals surface area contributed by atoms with Crippen LogP contribution in [-0.4, -0.2) is 21.5 Å². The highest BCUT2D eigenvalue weighted by molar-refractivity contribution is 7.17. The Hall–Kier alpha value is -2.18. The number of hydrogen-bond acceptors (Lipinski definition) is 4. The zero-order valence-electron chi connectivity index (χ0n) is 14.1. The summed E-state index contributed by atoms with van der Waals surface area (Å²) in [4.78, 5) is 29.4. The van der Waals surface area contributed by atoms with Gasteiger partial charge in [0.15, 0.2) is 0 Å². The topological polar surface area (TPSA) is 64.0 Å². The Kier molecular flexibility index (Phi) is 4.78. The molecule has 0 radical (unpaired) electrons. The maximum atomic E-state index is 12.7. The van der Waals surface area contributed by atoms with Gasteiger partial charge in [-0.15, -0.1) is 11.3 Å². The average molecular weight is 388 g/mol. The Morgan fingerprint density at radius 1 is 1.27 bits per heavy atom. The lowest BCUT2D eigenvalue weighted by molar-refractivity contribution is -0.122. The molecular weight excluding hydrogens is 370 g/mol. The molecule has 0 unspecified atom stereocenters. The number of hydrogen-bond donors (Lipinski definition) is 1. The van der Waals surface area contributed by atoms with Crippen LogP contribution in [0.25, 0.3) is 21.3 Å². The van der Waals surface area contributed by atoms with Crippen molar-refractivity contribution in [3.8, 4) is 11.1 Å². The zero-order valence-corrected chi connectivity index (χ0v) is 15.6. The molecule has 0 bridgehead atoms. The largest absolute Gasteiger partial charge is 0.352 e. The van der Waals surface area contributed by atoms with E-state index in [1.807, 2.05) is 29.6 Å². The molecule has 1 amide bonds. The van der Waals surface area contributed by atoms with Gasteiger partial charge >= 0.3 is 0 Å². The number of amides is 1. The smallest absolute Gasteiger partial charge is 0.271 e. The van der Waals surface area contributed by atoms with Crippen LogP contribution in [-0.2, 0) is 11.3 Å². The van der Waals surface area contributed by atoms with Crippen molar-refractivity contribution in [2.24, 2.45) is 0 Å². The van der Waals surface area contributed by atoms with Crippen LogP contribution in [0.2, 0.25) is 5.02 Å². The molecule has 0 atom stereocenters. The SMILES string of the molecule is O=C(Cn1cnc2c(-c3ccc(Cl)cc3)csc2c1=O)NC1CCCC1. The first-order chi connectivity index (χ1) is 12.6. The second-order valence-corrected chi connectivity index (χ2v) is 7.88. The highest BCUT2D eigenvalue weighted by Crippen LogP contribution is 2.31. The van der Waals surface area contributed by atoms with Crippen molar-refractivity contribution < 1.29 is 4.79 Å². The Labute approximate surface area is 159 Å². The normalized spacial score (nSPS) is 14.8. The summed E-state index contributed by atoms with van der Waals surface area (Å²) in [5, 5.41) is 5.59. The lowest BCUT2D eigenvalue weighted by Crippen LogP contribution is -2.37. The van der Waals surface area contributed by atoms with E-state index in [2.05, 4.69) is 10.3 Å². The minimum absolute atomic E-state index is 0.00640. The standard InChI is InChI=1S/C19H18ClN3O2S/c20-13-7-5-12(6-8-13)15-10-26-18-17(15)21-11-23(19(18)25)9-16(24)22-14-3-1-2-4-14/h5-8,10-11,14H,1-4,9H2,(H,22,24). The van der Waals surface area contributed by atoms with Crippen molar-refractivity contribution in [3.63, 3.8) is 0 Å². The Morgan fingerprint density at radius 2 is 2.00 bits per heavy atom. The van der Waals surface area contributed by atoms with Gasteiger partial charge in [-0.05, 0) is 30.5 Å². The highest BCUT2D eigenvalue weighted by atomic mass is 35.5. The van der Waals surface area contributed by atoms with Gasteiger partial charge < -0.3 is 5.32 Å². The Balaban J connectivity index is 1.60. The molecule has 3 aromatic rings. The summed E-state index contributed by atoms with van der Waals surface area (Å²) in [7, 11) is 0. The maximum absolute atomic E-state index is 12.7. The summed E-state index contributed by atoms with van der Waals surface area (Å²) < 4.78 is 1.94. The molecule has 0 saturated heterocycles. The molecule has 0 aliphatic heterocycles.